The largest absolute Gasteiger partial charge is 0.484 e. The molecule has 0 saturated carbocycles. The lowest BCUT2D eigenvalue weighted by atomic mass is 9.99. The molecule has 3 aliphatic rings. The zero-order valence-corrected chi connectivity index (χ0v) is 63.4. The summed E-state index contributed by atoms with van der Waals surface area (Å²) in [5.74, 6) is -1.02. The number of aliphatic hydroxyl groups excluding tert-OH is 2. The predicted octanol–water partition coefficient (Wildman–Crippen LogP) is 12.6. The van der Waals surface area contributed by atoms with Gasteiger partial charge in [0.25, 0.3) is 12.4 Å². The van der Waals surface area contributed by atoms with Crippen LogP contribution < -0.4 is 9.47 Å². The fourth-order valence-corrected chi connectivity index (χ4v) is 9.70. The Labute approximate surface area is 601 Å². The quantitative estimate of drug-likeness (QED) is 0.0221. The van der Waals surface area contributed by atoms with Crippen LogP contribution in [0.15, 0.2) is 54.7 Å². The van der Waals surface area contributed by atoms with Gasteiger partial charge in [0.1, 0.15) is 64.4 Å². The fraction of sp³-hybridized carbons (Fsp3) is 0.693. The van der Waals surface area contributed by atoms with E-state index in [4.69, 9.17) is 52.8 Å². The van der Waals surface area contributed by atoms with Crippen molar-refractivity contribution in [3.05, 3.63) is 66.3 Å². The molecule has 582 valence electrons. The number of fused-ring (bicyclic) bond motifs is 1. The highest BCUT2D eigenvalue weighted by Gasteiger charge is 2.29. The van der Waals surface area contributed by atoms with Crippen LogP contribution >= 0.6 is 0 Å². The summed E-state index contributed by atoms with van der Waals surface area (Å²) in [5.41, 5.74) is -1.04. The number of alkyl halides is 2. The van der Waals surface area contributed by atoms with E-state index in [9.17, 15) is 55.9 Å². The minimum absolute atomic E-state index is 0.0470. The Morgan fingerprint density at radius 2 is 1.07 bits per heavy atom. The third kappa shape index (κ3) is 48.4. The van der Waals surface area contributed by atoms with Gasteiger partial charge in [0, 0.05) is 63.3 Å². The van der Waals surface area contributed by atoms with Gasteiger partial charge in [-0.3, -0.25) is 9.36 Å². The molecule has 2 aromatic rings. The Morgan fingerprint density at radius 3 is 1.49 bits per heavy atom. The van der Waals surface area contributed by atoms with Crippen molar-refractivity contribution in [1.82, 2.24) is 9.55 Å². The first-order valence-corrected chi connectivity index (χ1v) is 34.9. The fourth-order valence-electron chi connectivity index (χ4n) is 9.70. The molecule has 3 aliphatic heterocycles. The van der Waals surface area contributed by atoms with Gasteiger partial charge in [0.15, 0.2) is 36.3 Å². The summed E-state index contributed by atoms with van der Waals surface area (Å²) >= 11 is 0. The average molecular weight is 1460 g/mol. The third-order valence-electron chi connectivity index (χ3n) is 14.2. The summed E-state index contributed by atoms with van der Waals surface area (Å²) in [6, 6.07) is 0.607. The summed E-state index contributed by atoms with van der Waals surface area (Å²) in [7, 11) is 1.41. The zero-order chi connectivity index (χ0) is 77.7. The van der Waals surface area contributed by atoms with Gasteiger partial charge in [-0.1, -0.05) is 78.8 Å². The molecule has 0 radical (unpaired) electrons. The Morgan fingerprint density at radius 1 is 0.637 bits per heavy atom. The average Bonchev–Trinajstić information content (AvgIpc) is 1.61. The summed E-state index contributed by atoms with van der Waals surface area (Å²) in [6.45, 7) is 33.0. The normalized spacial score (nSPS) is 20.0. The first kappa shape index (κ1) is 95.4. The maximum absolute atomic E-state index is 14.7. The summed E-state index contributed by atoms with van der Waals surface area (Å²) in [5, 5.41) is 17.5. The number of nitrogens with zero attached hydrogens (tertiary/aromatic N) is 2. The maximum atomic E-state index is 14.7. The Hall–Kier alpha value is -6.59. The lowest BCUT2D eigenvalue weighted by Gasteiger charge is -2.29. The highest BCUT2D eigenvalue weighted by atomic mass is 19.3. The van der Waals surface area contributed by atoms with E-state index in [1.807, 2.05) is 73.6 Å². The molecule has 23 nitrogen and oxygen atoms in total. The third-order valence-corrected chi connectivity index (χ3v) is 14.2. The molecule has 5 rings (SSSR count). The number of hydrogen-bond donors (Lipinski definition) is 2. The van der Waals surface area contributed by atoms with Crippen molar-refractivity contribution in [1.29, 1.82) is 0 Å². The molecule has 4 heterocycles. The van der Waals surface area contributed by atoms with Gasteiger partial charge in [-0.25, -0.2) is 27.2 Å². The summed E-state index contributed by atoms with van der Waals surface area (Å²) in [4.78, 5) is 91.4. The predicted molar refractivity (Wildman–Crippen MR) is 376 cm³/mol. The van der Waals surface area contributed by atoms with Crippen molar-refractivity contribution in [2.24, 2.45) is 48.5 Å². The number of ketones is 5. The zero-order valence-electron chi connectivity index (χ0n) is 63.4. The van der Waals surface area contributed by atoms with Gasteiger partial charge in [0.05, 0.1) is 65.9 Å². The Balaban J connectivity index is 0.00000126. The number of aromatic nitrogens is 2. The van der Waals surface area contributed by atoms with Crippen LogP contribution in [-0.4, -0.2) is 176 Å². The molecular formula is C75H118F4N2O21. The highest BCUT2D eigenvalue weighted by molar-refractivity contribution is 5.83. The van der Waals surface area contributed by atoms with Crippen LogP contribution in [0.5, 0.6) is 11.8 Å². The molecule has 0 spiro atoms. The monoisotopic (exact) mass is 1460 g/mol. The molecule has 0 unspecified atom stereocenters. The van der Waals surface area contributed by atoms with E-state index in [2.05, 4.69) is 28.3 Å². The van der Waals surface area contributed by atoms with Gasteiger partial charge in [-0.2, -0.15) is 4.98 Å². The van der Waals surface area contributed by atoms with Crippen LogP contribution in [0.4, 0.5) is 17.6 Å². The number of allylic oxidation sites excluding steroid dienone is 4. The first-order chi connectivity index (χ1) is 47.8. The van der Waals surface area contributed by atoms with Crippen LogP contribution in [0.3, 0.4) is 0 Å². The number of esters is 3. The lowest BCUT2D eigenvalue weighted by molar-refractivity contribution is -0.219. The van der Waals surface area contributed by atoms with Crippen LogP contribution in [0.25, 0.3) is 11.0 Å². The van der Waals surface area contributed by atoms with E-state index in [1.54, 1.807) is 59.8 Å². The molecule has 27 heteroatoms. The molecule has 0 aliphatic carbocycles. The summed E-state index contributed by atoms with van der Waals surface area (Å²) < 4.78 is 113. The van der Waals surface area contributed by atoms with Crippen molar-refractivity contribution in [2.45, 2.75) is 225 Å². The number of imidazole rings is 1. The summed E-state index contributed by atoms with van der Waals surface area (Å²) in [6.07, 6.45) is 14.9. The molecule has 0 bridgehead atoms. The number of rotatable bonds is 33. The molecule has 1 aromatic heterocycles. The van der Waals surface area contributed by atoms with Crippen molar-refractivity contribution >= 4 is 57.9 Å². The number of hydrogen-bond acceptors (Lipinski definition) is 22. The number of carbonyl (C=O) groups is 8. The number of Topliss-reactive ketones (excluding diaryl/α,β-unsaturated/α-hetero) is 5. The van der Waals surface area contributed by atoms with E-state index in [1.165, 1.54) is 30.7 Å². The van der Waals surface area contributed by atoms with Gasteiger partial charge >= 0.3 is 17.9 Å². The lowest BCUT2D eigenvalue weighted by Crippen LogP contribution is -2.39. The smallest absolute Gasteiger partial charge is 0.330 e. The first-order valence-electron chi connectivity index (χ1n) is 34.9. The van der Waals surface area contributed by atoms with Crippen LogP contribution in [0.2, 0.25) is 0 Å². The number of benzene rings is 1. The van der Waals surface area contributed by atoms with E-state index < -0.39 is 54.5 Å². The second-order valence-corrected chi connectivity index (χ2v) is 27.1. The van der Waals surface area contributed by atoms with E-state index in [0.717, 1.165) is 32.5 Å². The van der Waals surface area contributed by atoms with E-state index >= 15 is 0 Å². The van der Waals surface area contributed by atoms with Gasteiger partial charge < -0.3 is 86.3 Å². The molecule has 2 N–H and O–H groups in total. The van der Waals surface area contributed by atoms with Gasteiger partial charge in [0.2, 0.25) is 0 Å². The number of aliphatic hydroxyl groups is 2. The van der Waals surface area contributed by atoms with Crippen LogP contribution in [0.1, 0.15) is 182 Å². The van der Waals surface area contributed by atoms with Gasteiger partial charge in [-0.05, 0) is 137 Å². The Bertz CT molecular complexity index is 2900. The number of aryl methyl sites for hydroxylation is 1. The van der Waals surface area contributed by atoms with E-state index in [0.29, 0.717) is 82.9 Å². The standard InChI is InChI=1S/C21H26F4N2O5.C13H22O4.C12H20O3.C11H20O4.C10H16O3.C8H14O2/c1-11(6-12(2)28)4-5-17-30-8-13(9-31-17)32-21-26-19-14(22)7-15(29-10-16(23)24)18(25)20(19)27(21)3;1-6-16-11(14)8-7-10(2)9-12(15)17-13(3,4)5;1-9(6-11(3)13)4-5-12-14-7-10(2)8-15-12;1-8(5-9(2)12)3-4-11-14-6-10(13)7-15-11;1-4-13-10(12)6-5-8(2)7-9(3)11;1-7(4-3-5-9)6-8(2)10/h7,11,13,16-17H,4-6,8-10H2,1-3H3;7-8,10H,6,9H2,1-5H3;4-5,9-10,12H,6-8H2,1-3H3;8,10-11,13H,3-7H2,1-2H3;5-6,8H,4,7H2,1-3H3;3-4,7,9H,5-6H2,1-2H3/b;8-7+;5-4+;;6-5+;4-3+/t11-,13?,17?;10-;9-,10?,12?;8-,10?,11?;8-;7-/m000000/s1. The maximum Gasteiger partial charge on any atom is 0.330 e. The molecule has 102 heavy (non-hydrogen) atoms. The van der Waals surface area contributed by atoms with Crippen molar-refractivity contribution in [3.63, 3.8) is 0 Å². The molecule has 6 atom stereocenters. The second-order valence-electron chi connectivity index (χ2n) is 27.1. The molecular weight excluding hydrogens is 1340 g/mol. The SMILES string of the molecule is CC(=O)C[C@@H](C)/C=C/C1OCC(C)CO1.CC(=O)C[C@@H](C)/C=C/CO.CC(=O)C[C@@H](C)CCC1OCC(O)CO1.CC(=O)C[C@@H](C)CCC1OCC(Oc2nc3c(F)cc(OCC(F)F)c(F)c3n2C)CO1.CCOC(=O)/C=C/[C@H](C)CC(=O)OC(C)(C)C.CCOC(=O)/C=C/[C@H](C)CC(C)=O. The van der Waals surface area contributed by atoms with Crippen molar-refractivity contribution in [3.8, 4) is 11.8 Å². The number of halogens is 4. The molecule has 3 fully saturated rings. The minimum atomic E-state index is -2.83. The topological polar surface area (TPSA) is 296 Å². The van der Waals surface area contributed by atoms with E-state index in [-0.39, 0.29) is 132 Å². The minimum Gasteiger partial charge on any atom is -0.484 e. The van der Waals surface area contributed by atoms with Crippen molar-refractivity contribution in [2.75, 3.05) is 66.1 Å². The van der Waals surface area contributed by atoms with Crippen LogP contribution in [-0.2, 0) is 88.0 Å². The van der Waals surface area contributed by atoms with Crippen LogP contribution in [0, 0.1) is 53.1 Å². The molecule has 0 amide bonds. The number of carbonyl (C=O) groups excluding carboxylic acids is 8. The second kappa shape index (κ2) is 53.2. The highest BCUT2D eigenvalue weighted by Crippen LogP contribution is 2.33. The molecule has 1 aromatic carbocycles. The van der Waals surface area contributed by atoms with Gasteiger partial charge in [-0.15, -0.1) is 0 Å². The number of ether oxygens (including phenoxy) is 11. The Kier molecular flexibility index (Phi) is 49.8. The molecule has 3 saturated heterocycles. The van der Waals surface area contributed by atoms with Crippen molar-refractivity contribution < 1.29 is 118 Å².